The molecule has 2 amide bonds. The van der Waals surface area contributed by atoms with Crippen LogP contribution in [0.4, 0.5) is 11.4 Å². The van der Waals surface area contributed by atoms with Gasteiger partial charge in [-0.3, -0.25) is 19.7 Å². The Labute approximate surface area is 162 Å². The Morgan fingerprint density at radius 2 is 2.11 bits per heavy atom. The molecule has 10 heteroatoms. The molecule has 1 aliphatic carbocycles. The third kappa shape index (κ3) is 6.22. The molecule has 1 aromatic carbocycles. The average Bonchev–Trinajstić information content (AvgIpc) is 2.67. The molecule has 0 radical (unpaired) electrons. The fraction of sp³-hybridized carbons (Fsp3) is 0.500. The van der Waals surface area contributed by atoms with E-state index in [9.17, 15) is 19.7 Å². The highest BCUT2D eigenvalue weighted by atomic mass is 16.6. The van der Waals surface area contributed by atoms with Crippen molar-refractivity contribution >= 4 is 29.4 Å². The zero-order chi connectivity index (χ0) is 20.5. The Morgan fingerprint density at radius 1 is 1.36 bits per heavy atom. The number of carbonyl (C=O) groups excluding carboxylic acids is 2. The van der Waals surface area contributed by atoms with E-state index in [0.717, 1.165) is 25.5 Å². The van der Waals surface area contributed by atoms with Gasteiger partial charge in [0.25, 0.3) is 17.5 Å². The number of nitro groups is 1. The molecule has 2 rings (SSSR count). The number of carbonyl (C=O) groups is 2. The maximum absolute atomic E-state index is 11.9. The molecule has 10 nitrogen and oxygen atoms in total. The number of methoxy groups -OCH3 is 1. The number of ether oxygens (including phenoxy) is 1. The summed E-state index contributed by atoms with van der Waals surface area (Å²) in [7, 11) is 1.33. The van der Waals surface area contributed by atoms with Crippen LogP contribution in [0.3, 0.4) is 0 Å². The number of nitro benzene ring substituents is 1. The Bertz CT molecular complexity index is 752. The fourth-order valence-corrected chi connectivity index (χ4v) is 3.02. The summed E-state index contributed by atoms with van der Waals surface area (Å²) < 4.78 is 5.03. The number of hydrogen-bond donors (Lipinski definition) is 2. The third-order valence-electron chi connectivity index (χ3n) is 4.55. The zero-order valence-electron chi connectivity index (χ0n) is 15.8. The molecule has 28 heavy (non-hydrogen) atoms. The monoisotopic (exact) mass is 392 g/mol. The Balaban J connectivity index is 1.79. The average molecular weight is 392 g/mol. The molecule has 1 fully saturated rings. The first-order valence-corrected chi connectivity index (χ1v) is 8.98. The molecule has 152 valence electrons. The summed E-state index contributed by atoms with van der Waals surface area (Å²) in [5.41, 5.74) is 0.0822. The molecule has 1 aliphatic rings. The number of nitrogens with zero attached hydrogens (tertiary/aromatic N) is 2. The van der Waals surface area contributed by atoms with E-state index < -0.39 is 10.8 Å². The summed E-state index contributed by atoms with van der Waals surface area (Å²) in [5, 5.41) is 19.6. The fourth-order valence-electron chi connectivity index (χ4n) is 3.02. The molecule has 0 heterocycles. The molecule has 1 saturated carbocycles. The minimum Gasteiger partial charge on any atom is -0.494 e. The molecule has 2 atom stereocenters. The van der Waals surface area contributed by atoms with E-state index in [1.54, 1.807) is 0 Å². The second-order valence-electron chi connectivity index (χ2n) is 6.57. The van der Waals surface area contributed by atoms with E-state index in [1.807, 2.05) is 0 Å². The largest absolute Gasteiger partial charge is 0.494 e. The molecule has 0 saturated heterocycles. The summed E-state index contributed by atoms with van der Waals surface area (Å²) in [6.45, 7) is 1.83. The van der Waals surface area contributed by atoms with Crippen molar-refractivity contribution in [3.63, 3.8) is 0 Å². The normalized spacial score (nSPS) is 19.1. The summed E-state index contributed by atoms with van der Waals surface area (Å²) >= 11 is 0. The van der Waals surface area contributed by atoms with E-state index >= 15 is 0 Å². The Morgan fingerprint density at radius 3 is 2.79 bits per heavy atom. The second kappa shape index (κ2) is 10.2. The predicted octanol–water partition coefficient (Wildman–Crippen LogP) is 2.24. The first kappa shape index (κ1) is 21.1. The van der Waals surface area contributed by atoms with Crippen molar-refractivity contribution in [2.24, 2.45) is 11.1 Å². The number of nitrogens with one attached hydrogen (secondary N) is 2. The summed E-state index contributed by atoms with van der Waals surface area (Å²) in [4.78, 5) is 38.8. The maximum Gasteiger partial charge on any atom is 0.273 e. The van der Waals surface area contributed by atoms with Crippen LogP contribution in [0, 0.1) is 16.0 Å². The van der Waals surface area contributed by atoms with Crippen molar-refractivity contribution in [1.82, 2.24) is 5.32 Å². The Hall–Kier alpha value is -3.17. The summed E-state index contributed by atoms with van der Waals surface area (Å²) in [6.07, 6.45) is 5.20. The lowest BCUT2D eigenvalue weighted by Gasteiger charge is -2.29. The number of anilines is 1. The van der Waals surface area contributed by atoms with Crippen LogP contribution < -0.4 is 15.4 Å². The van der Waals surface area contributed by atoms with Crippen LogP contribution in [0.15, 0.2) is 23.4 Å². The zero-order valence-corrected chi connectivity index (χ0v) is 15.8. The molecular weight excluding hydrogens is 368 g/mol. The van der Waals surface area contributed by atoms with Crippen molar-refractivity contribution in [3.05, 3.63) is 28.3 Å². The van der Waals surface area contributed by atoms with Crippen molar-refractivity contribution in [3.8, 4) is 5.75 Å². The van der Waals surface area contributed by atoms with Crippen LogP contribution in [0.2, 0.25) is 0 Å². The van der Waals surface area contributed by atoms with E-state index in [-0.39, 0.29) is 35.7 Å². The molecule has 0 spiro atoms. The number of rotatable bonds is 8. The van der Waals surface area contributed by atoms with Gasteiger partial charge in [0.1, 0.15) is 12.0 Å². The first-order chi connectivity index (χ1) is 13.4. The van der Waals surface area contributed by atoms with Crippen molar-refractivity contribution < 1.29 is 24.1 Å². The first-order valence-electron chi connectivity index (χ1n) is 8.98. The van der Waals surface area contributed by atoms with Gasteiger partial charge in [0.2, 0.25) is 0 Å². The van der Waals surface area contributed by atoms with Crippen LogP contribution in [0.5, 0.6) is 5.75 Å². The quantitative estimate of drug-likeness (QED) is 0.396. The highest BCUT2D eigenvalue weighted by Gasteiger charge is 2.22. The molecule has 1 aromatic rings. The van der Waals surface area contributed by atoms with E-state index in [2.05, 4.69) is 22.7 Å². The molecule has 0 bridgehead atoms. The maximum atomic E-state index is 11.9. The van der Waals surface area contributed by atoms with E-state index in [0.29, 0.717) is 5.92 Å². The highest BCUT2D eigenvalue weighted by molar-refractivity contribution is 6.31. The van der Waals surface area contributed by atoms with Crippen LogP contribution in [-0.2, 0) is 14.4 Å². The number of oxime groups is 1. The lowest BCUT2D eigenvalue weighted by molar-refractivity contribution is -0.384. The highest BCUT2D eigenvalue weighted by Crippen LogP contribution is 2.28. The van der Waals surface area contributed by atoms with Gasteiger partial charge in [-0.15, -0.1) is 0 Å². The van der Waals surface area contributed by atoms with Crippen LogP contribution in [-0.4, -0.2) is 42.7 Å². The van der Waals surface area contributed by atoms with Gasteiger partial charge in [-0.05, 0) is 24.8 Å². The minimum absolute atomic E-state index is 0.137. The van der Waals surface area contributed by atoms with Crippen LogP contribution in [0.1, 0.15) is 32.6 Å². The van der Waals surface area contributed by atoms with Crippen molar-refractivity contribution in [1.29, 1.82) is 0 Å². The van der Waals surface area contributed by atoms with Gasteiger partial charge < -0.3 is 20.2 Å². The SMILES string of the molecule is COc1cc([N+](=O)[O-])ccc1NC(=O)/C=N\OCC(=O)N[C@@H]1CCCC[C@H]1C. The van der Waals surface area contributed by atoms with Crippen LogP contribution in [0.25, 0.3) is 0 Å². The van der Waals surface area contributed by atoms with E-state index in [1.165, 1.54) is 31.7 Å². The van der Waals surface area contributed by atoms with Gasteiger partial charge in [0, 0.05) is 12.1 Å². The van der Waals surface area contributed by atoms with Crippen molar-refractivity contribution in [2.75, 3.05) is 19.0 Å². The number of benzene rings is 1. The second-order valence-corrected chi connectivity index (χ2v) is 6.57. The molecule has 0 unspecified atom stereocenters. The standard InChI is InChI=1S/C18H24N4O6/c1-12-5-3-4-6-14(12)20-18(24)11-28-19-10-17(23)21-15-8-7-13(22(25)26)9-16(15)27-2/h7-10,12,14H,3-6,11H2,1-2H3,(H,20,24)(H,21,23)/b19-10-/t12-,14-/m1/s1. The van der Waals surface area contributed by atoms with Gasteiger partial charge >= 0.3 is 0 Å². The summed E-state index contributed by atoms with van der Waals surface area (Å²) in [5.74, 6) is -0.344. The van der Waals surface area contributed by atoms with Gasteiger partial charge in [-0.2, -0.15) is 0 Å². The number of non-ortho nitro benzene ring substituents is 1. The van der Waals surface area contributed by atoms with Crippen molar-refractivity contribution in [2.45, 2.75) is 38.6 Å². The predicted molar refractivity (Wildman–Crippen MR) is 102 cm³/mol. The minimum atomic E-state index is -0.631. The lowest BCUT2D eigenvalue weighted by atomic mass is 9.86. The third-order valence-corrected chi connectivity index (χ3v) is 4.55. The molecular formula is C18H24N4O6. The topological polar surface area (TPSA) is 132 Å². The Kier molecular flexibility index (Phi) is 7.73. The lowest BCUT2D eigenvalue weighted by Crippen LogP contribution is -2.42. The molecule has 0 aliphatic heterocycles. The molecule has 0 aromatic heterocycles. The van der Waals surface area contributed by atoms with Gasteiger partial charge in [-0.25, -0.2) is 0 Å². The number of hydrogen-bond acceptors (Lipinski definition) is 7. The van der Waals surface area contributed by atoms with E-state index in [4.69, 9.17) is 9.57 Å². The van der Waals surface area contributed by atoms with Gasteiger partial charge in [0.15, 0.2) is 6.61 Å². The van der Waals surface area contributed by atoms with Gasteiger partial charge in [-0.1, -0.05) is 24.9 Å². The molecule has 2 N–H and O–H groups in total. The van der Waals surface area contributed by atoms with Gasteiger partial charge in [0.05, 0.1) is 23.8 Å². The number of amides is 2. The smallest absolute Gasteiger partial charge is 0.273 e. The van der Waals surface area contributed by atoms with Crippen LogP contribution >= 0.6 is 0 Å². The summed E-state index contributed by atoms with van der Waals surface area (Å²) in [6, 6.07) is 3.93.